The van der Waals surface area contributed by atoms with Gasteiger partial charge in [0.2, 0.25) is 0 Å². The largest absolute Gasteiger partial charge is 0.491 e. The van der Waals surface area contributed by atoms with Crippen LogP contribution in [0.1, 0.15) is 16.7 Å². The summed E-state index contributed by atoms with van der Waals surface area (Å²) in [6, 6.07) is 22.2. The zero-order valence-electron chi connectivity index (χ0n) is 15.7. The van der Waals surface area contributed by atoms with Crippen LogP contribution < -0.4 is 4.74 Å². The number of hydrogen-bond acceptors (Lipinski definition) is 4. The Kier molecular flexibility index (Phi) is 6.97. The van der Waals surface area contributed by atoms with E-state index in [1.165, 1.54) is 11.1 Å². The van der Waals surface area contributed by atoms with Crippen molar-refractivity contribution in [3.63, 3.8) is 0 Å². The van der Waals surface area contributed by atoms with E-state index < -0.39 is 6.10 Å². The molecule has 27 heavy (non-hydrogen) atoms. The van der Waals surface area contributed by atoms with Gasteiger partial charge in [-0.1, -0.05) is 54.1 Å². The van der Waals surface area contributed by atoms with Crippen LogP contribution in [0.25, 0.3) is 0 Å². The molecule has 1 unspecified atom stereocenters. The van der Waals surface area contributed by atoms with Gasteiger partial charge >= 0.3 is 0 Å². The summed E-state index contributed by atoms with van der Waals surface area (Å²) in [6.45, 7) is 4.32. The van der Waals surface area contributed by atoms with E-state index in [1.54, 1.807) is 6.20 Å². The predicted molar refractivity (Wildman–Crippen MR) is 107 cm³/mol. The van der Waals surface area contributed by atoms with Crippen LogP contribution in [0, 0.1) is 6.92 Å². The summed E-state index contributed by atoms with van der Waals surface area (Å²) in [5, 5.41) is 10.5. The van der Waals surface area contributed by atoms with Crippen LogP contribution in [0.2, 0.25) is 0 Å². The molecule has 1 aromatic heterocycles. The van der Waals surface area contributed by atoms with Gasteiger partial charge in [-0.05, 0) is 36.2 Å². The van der Waals surface area contributed by atoms with E-state index in [0.29, 0.717) is 6.54 Å². The van der Waals surface area contributed by atoms with Crippen LogP contribution in [0.3, 0.4) is 0 Å². The number of aliphatic hydroxyl groups excluding tert-OH is 1. The highest BCUT2D eigenvalue weighted by Gasteiger charge is 2.14. The van der Waals surface area contributed by atoms with E-state index in [0.717, 1.165) is 24.4 Å². The lowest BCUT2D eigenvalue weighted by Gasteiger charge is -2.25. The molecule has 0 aliphatic rings. The molecule has 4 heteroatoms. The maximum Gasteiger partial charge on any atom is 0.119 e. The highest BCUT2D eigenvalue weighted by atomic mass is 16.5. The second-order valence-corrected chi connectivity index (χ2v) is 6.79. The van der Waals surface area contributed by atoms with Crippen molar-refractivity contribution in [1.29, 1.82) is 0 Å². The molecule has 0 saturated heterocycles. The minimum Gasteiger partial charge on any atom is -0.491 e. The van der Waals surface area contributed by atoms with E-state index in [-0.39, 0.29) is 6.61 Å². The Balaban J connectivity index is 1.59. The van der Waals surface area contributed by atoms with Crippen LogP contribution in [-0.2, 0) is 13.1 Å². The van der Waals surface area contributed by atoms with Gasteiger partial charge in [0.15, 0.2) is 0 Å². The molecule has 0 amide bonds. The van der Waals surface area contributed by atoms with Crippen LogP contribution in [0.4, 0.5) is 0 Å². The molecule has 1 N–H and O–H groups in total. The van der Waals surface area contributed by atoms with E-state index >= 15 is 0 Å². The zero-order chi connectivity index (χ0) is 18.9. The molecule has 3 aromatic rings. The SMILES string of the molecule is Cc1ccc(OCC(O)CN(Cc2ccccc2)Cc2cccnc2)cc1. The Morgan fingerprint density at radius 3 is 2.33 bits per heavy atom. The number of benzene rings is 2. The normalized spacial score (nSPS) is 12.1. The van der Waals surface area contributed by atoms with Gasteiger partial charge in [-0.15, -0.1) is 0 Å². The molecule has 0 fully saturated rings. The summed E-state index contributed by atoms with van der Waals surface area (Å²) in [5.74, 6) is 0.779. The van der Waals surface area contributed by atoms with Gasteiger partial charge in [-0.2, -0.15) is 0 Å². The molecule has 0 spiro atoms. The Morgan fingerprint density at radius 1 is 0.926 bits per heavy atom. The topological polar surface area (TPSA) is 45.6 Å². The van der Waals surface area contributed by atoms with E-state index in [9.17, 15) is 5.11 Å². The summed E-state index contributed by atoms with van der Waals surface area (Å²) >= 11 is 0. The van der Waals surface area contributed by atoms with Gasteiger partial charge in [-0.3, -0.25) is 9.88 Å². The molecule has 0 radical (unpaired) electrons. The van der Waals surface area contributed by atoms with Crippen molar-refractivity contribution in [2.45, 2.75) is 26.1 Å². The first kappa shape index (κ1) is 19.1. The molecule has 2 aromatic carbocycles. The number of nitrogens with zero attached hydrogens (tertiary/aromatic N) is 2. The minimum absolute atomic E-state index is 0.265. The molecule has 1 heterocycles. The Hall–Kier alpha value is -2.69. The maximum atomic E-state index is 10.5. The molecule has 1 atom stereocenters. The van der Waals surface area contributed by atoms with Crippen molar-refractivity contribution in [3.8, 4) is 5.75 Å². The number of rotatable bonds is 9. The lowest BCUT2D eigenvalue weighted by molar-refractivity contribution is 0.0628. The molecule has 140 valence electrons. The Morgan fingerprint density at radius 2 is 1.63 bits per heavy atom. The highest BCUT2D eigenvalue weighted by molar-refractivity contribution is 5.26. The monoisotopic (exact) mass is 362 g/mol. The number of ether oxygens (including phenoxy) is 1. The first-order valence-electron chi connectivity index (χ1n) is 9.22. The lowest BCUT2D eigenvalue weighted by atomic mass is 10.2. The summed E-state index contributed by atoms with van der Waals surface area (Å²) in [5.41, 5.74) is 3.53. The standard InChI is InChI=1S/C23H26N2O2/c1-19-9-11-23(12-10-19)27-18-22(26)17-25(15-20-6-3-2-4-7-20)16-21-8-5-13-24-14-21/h2-14,22,26H,15-18H2,1H3. The van der Waals surface area contributed by atoms with Crippen LogP contribution >= 0.6 is 0 Å². The highest BCUT2D eigenvalue weighted by Crippen LogP contribution is 2.13. The Bertz CT molecular complexity index is 750. The van der Waals surface area contributed by atoms with Gasteiger partial charge < -0.3 is 9.84 Å². The second kappa shape index (κ2) is 9.86. The summed E-state index contributed by atoms with van der Waals surface area (Å²) < 4.78 is 5.74. The molecule has 4 nitrogen and oxygen atoms in total. The summed E-state index contributed by atoms with van der Waals surface area (Å²) in [4.78, 5) is 6.41. The fourth-order valence-corrected chi connectivity index (χ4v) is 2.95. The van der Waals surface area contributed by atoms with Gasteiger partial charge in [0.05, 0.1) is 0 Å². The first-order valence-corrected chi connectivity index (χ1v) is 9.22. The molecule has 0 aliphatic heterocycles. The first-order chi connectivity index (χ1) is 13.2. The maximum absolute atomic E-state index is 10.5. The molecule has 0 bridgehead atoms. The van der Waals surface area contributed by atoms with Crippen molar-refractivity contribution >= 4 is 0 Å². The number of aryl methyl sites for hydroxylation is 1. The van der Waals surface area contributed by atoms with E-state index in [2.05, 4.69) is 28.1 Å². The van der Waals surface area contributed by atoms with E-state index in [4.69, 9.17) is 4.74 Å². The average Bonchev–Trinajstić information content (AvgIpc) is 2.69. The molecular formula is C23H26N2O2. The molecule has 0 aliphatic carbocycles. The number of aromatic nitrogens is 1. The van der Waals surface area contributed by atoms with Crippen LogP contribution in [0.15, 0.2) is 79.1 Å². The molecule has 0 saturated carbocycles. The molecular weight excluding hydrogens is 336 g/mol. The van der Waals surface area contributed by atoms with Crippen molar-refractivity contribution in [2.24, 2.45) is 0 Å². The molecule has 3 rings (SSSR count). The third kappa shape index (κ3) is 6.51. The predicted octanol–water partition coefficient (Wildman–Crippen LogP) is 3.83. The fourth-order valence-electron chi connectivity index (χ4n) is 2.95. The summed E-state index contributed by atoms with van der Waals surface area (Å²) in [7, 11) is 0. The van der Waals surface area contributed by atoms with Crippen molar-refractivity contribution in [2.75, 3.05) is 13.2 Å². The smallest absolute Gasteiger partial charge is 0.119 e. The number of pyridine rings is 1. The van der Waals surface area contributed by atoms with Crippen LogP contribution in [0.5, 0.6) is 5.75 Å². The third-order valence-electron chi connectivity index (χ3n) is 4.31. The van der Waals surface area contributed by atoms with E-state index in [1.807, 2.05) is 61.7 Å². The lowest BCUT2D eigenvalue weighted by Crippen LogP contribution is -2.35. The van der Waals surface area contributed by atoms with Gasteiger partial charge in [0.25, 0.3) is 0 Å². The Labute approximate surface area is 161 Å². The number of aliphatic hydroxyl groups is 1. The zero-order valence-corrected chi connectivity index (χ0v) is 15.7. The summed E-state index contributed by atoms with van der Waals surface area (Å²) in [6.07, 6.45) is 3.06. The third-order valence-corrected chi connectivity index (χ3v) is 4.31. The average molecular weight is 362 g/mol. The van der Waals surface area contributed by atoms with Crippen LogP contribution in [-0.4, -0.2) is 34.2 Å². The number of hydrogen-bond donors (Lipinski definition) is 1. The van der Waals surface area contributed by atoms with Gasteiger partial charge in [-0.25, -0.2) is 0 Å². The quantitative estimate of drug-likeness (QED) is 0.628. The van der Waals surface area contributed by atoms with Crippen molar-refractivity contribution in [3.05, 3.63) is 95.8 Å². The second-order valence-electron chi connectivity index (χ2n) is 6.79. The minimum atomic E-state index is -0.577. The van der Waals surface area contributed by atoms with Gasteiger partial charge in [0, 0.05) is 32.0 Å². The van der Waals surface area contributed by atoms with Crippen molar-refractivity contribution in [1.82, 2.24) is 9.88 Å². The van der Waals surface area contributed by atoms with Gasteiger partial charge in [0.1, 0.15) is 18.5 Å². The fraction of sp³-hybridized carbons (Fsp3) is 0.261. The van der Waals surface area contributed by atoms with Crippen molar-refractivity contribution < 1.29 is 9.84 Å².